The molecular weight excluding hydrogens is 258 g/mol. The molecule has 0 atom stereocenters. The smallest absolute Gasteiger partial charge is 0.341 e. The molecule has 15 heavy (non-hydrogen) atoms. The molecule has 0 aliphatic heterocycles. The molecule has 0 spiro atoms. The largest absolute Gasteiger partial charge is 0.462 e. The molecule has 0 saturated carbocycles. The molecule has 0 radical (unpaired) electrons. The first-order valence-electron chi connectivity index (χ1n) is 4.88. The highest BCUT2D eigenvalue weighted by molar-refractivity contribution is 9.10. The van der Waals surface area contributed by atoms with Crippen molar-refractivity contribution in [3.8, 4) is 0 Å². The number of hydrogen-bond acceptors (Lipinski definition) is 3. The summed E-state index contributed by atoms with van der Waals surface area (Å²) in [5.74, 6) is -0.367. The van der Waals surface area contributed by atoms with Gasteiger partial charge >= 0.3 is 5.97 Å². The summed E-state index contributed by atoms with van der Waals surface area (Å²) in [5, 5.41) is 0. The number of anilines is 1. The van der Waals surface area contributed by atoms with Crippen LogP contribution in [0, 0.1) is 0 Å². The Morgan fingerprint density at radius 1 is 1.53 bits per heavy atom. The Labute approximate surface area is 97.7 Å². The van der Waals surface area contributed by atoms with Crippen molar-refractivity contribution < 1.29 is 9.53 Å². The van der Waals surface area contributed by atoms with Crippen LogP contribution in [-0.2, 0) is 4.74 Å². The van der Waals surface area contributed by atoms with Gasteiger partial charge in [-0.1, -0.05) is 19.4 Å². The summed E-state index contributed by atoms with van der Waals surface area (Å²) >= 11 is 3.28. The van der Waals surface area contributed by atoms with E-state index >= 15 is 0 Å². The third kappa shape index (κ3) is 3.23. The van der Waals surface area contributed by atoms with Crippen LogP contribution >= 0.6 is 15.9 Å². The molecule has 0 bridgehead atoms. The van der Waals surface area contributed by atoms with Crippen molar-refractivity contribution >= 4 is 27.6 Å². The molecule has 4 heteroatoms. The Morgan fingerprint density at radius 2 is 2.27 bits per heavy atom. The van der Waals surface area contributed by atoms with Gasteiger partial charge in [0.05, 0.1) is 12.2 Å². The van der Waals surface area contributed by atoms with E-state index in [-0.39, 0.29) is 5.97 Å². The van der Waals surface area contributed by atoms with Crippen molar-refractivity contribution in [3.05, 3.63) is 28.2 Å². The minimum Gasteiger partial charge on any atom is -0.462 e. The lowest BCUT2D eigenvalue weighted by molar-refractivity contribution is 0.0500. The van der Waals surface area contributed by atoms with E-state index in [0.717, 1.165) is 12.8 Å². The third-order valence-corrected chi connectivity index (χ3v) is 2.64. The monoisotopic (exact) mass is 271 g/mol. The maximum absolute atomic E-state index is 11.6. The molecule has 0 unspecified atom stereocenters. The molecule has 1 aromatic rings. The van der Waals surface area contributed by atoms with E-state index in [9.17, 15) is 4.79 Å². The first kappa shape index (κ1) is 12.0. The van der Waals surface area contributed by atoms with Crippen LogP contribution in [0.2, 0.25) is 0 Å². The van der Waals surface area contributed by atoms with Gasteiger partial charge in [0, 0.05) is 10.2 Å². The summed E-state index contributed by atoms with van der Waals surface area (Å²) in [6.45, 7) is 2.48. The van der Waals surface area contributed by atoms with Gasteiger partial charge in [0.15, 0.2) is 0 Å². The minimum absolute atomic E-state index is 0.367. The molecule has 1 aromatic carbocycles. The van der Waals surface area contributed by atoms with Crippen molar-refractivity contribution in [3.63, 3.8) is 0 Å². The molecule has 0 aliphatic carbocycles. The zero-order valence-corrected chi connectivity index (χ0v) is 10.2. The molecule has 3 nitrogen and oxygen atoms in total. The van der Waals surface area contributed by atoms with Gasteiger partial charge in [0.1, 0.15) is 0 Å². The van der Waals surface area contributed by atoms with Gasteiger partial charge in [-0.2, -0.15) is 0 Å². The predicted molar refractivity (Wildman–Crippen MR) is 63.7 cm³/mol. The molecular formula is C11H14BrNO2. The Kier molecular flexibility index (Phi) is 4.62. The maximum atomic E-state index is 11.6. The second-order valence-electron chi connectivity index (χ2n) is 3.19. The van der Waals surface area contributed by atoms with Gasteiger partial charge < -0.3 is 10.5 Å². The Hall–Kier alpha value is -1.03. The Morgan fingerprint density at radius 3 is 2.87 bits per heavy atom. The van der Waals surface area contributed by atoms with Gasteiger partial charge in [0.2, 0.25) is 0 Å². The summed E-state index contributed by atoms with van der Waals surface area (Å²) in [5.41, 5.74) is 6.54. The van der Waals surface area contributed by atoms with Crippen LogP contribution in [0.5, 0.6) is 0 Å². The SMILES string of the molecule is CCCCOC(=O)c1c(N)cccc1Br. The molecule has 1 rings (SSSR count). The van der Waals surface area contributed by atoms with Crippen LogP contribution in [0.1, 0.15) is 30.1 Å². The van der Waals surface area contributed by atoms with Gasteiger partial charge in [0.25, 0.3) is 0 Å². The normalized spacial score (nSPS) is 10.0. The number of halogens is 1. The van der Waals surface area contributed by atoms with E-state index in [1.807, 2.05) is 6.92 Å². The Bertz CT molecular complexity index is 332. The number of esters is 1. The first-order chi connectivity index (χ1) is 7.16. The summed E-state index contributed by atoms with van der Waals surface area (Å²) in [7, 11) is 0. The van der Waals surface area contributed by atoms with Gasteiger partial charge in [-0.15, -0.1) is 0 Å². The number of unbranched alkanes of at least 4 members (excludes halogenated alkanes) is 1. The van der Waals surface area contributed by atoms with Crippen LogP contribution in [0.4, 0.5) is 5.69 Å². The second kappa shape index (κ2) is 5.75. The van der Waals surface area contributed by atoms with E-state index in [4.69, 9.17) is 10.5 Å². The lowest BCUT2D eigenvalue weighted by Crippen LogP contribution is -2.09. The van der Waals surface area contributed by atoms with E-state index in [2.05, 4.69) is 15.9 Å². The van der Waals surface area contributed by atoms with E-state index < -0.39 is 0 Å². The zero-order valence-electron chi connectivity index (χ0n) is 8.63. The molecule has 0 fully saturated rings. The fourth-order valence-electron chi connectivity index (χ4n) is 1.14. The second-order valence-corrected chi connectivity index (χ2v) is 4.05. The molecule has 2 N–H and O–H groups in total. The molecule has 0 aliphatic rings. The highest BCUT2D eigenvalue weighted by Crippen LogP contribution is 2.23. The van der Waals surface area contributed by atoms with Crippen molar-refractivity contribution in [1.82, 2.24) is 0 Å². The van der Waals surface area contributed by atoms with Gasteiger partial charge in [-0.3, -0.25) is 0 Å². The molecule has 0 amide bonds. The fraction of sp³-hybridized carbons (Fsp3) is 0.364. The highest BCUT2D eigenvalue weighted by atomic mass is 79.9. The number of nitrogen functional groups attached to an aromatic ring is 1. The number of nitrogens with two attached hydrogens (primary N) is 1. The van der Waals surface area contributed by atoms with Gasteiger partial charge in [-0.25, -0.2) is 4.79 Å². The Balaban J connectivity index is 2.73. The molecule has 0 aromatic heterocycles. The van der Waals surface area contributed by atoms with E-state index in [1.54, 1.807) is 18.2 Å². The number of ether oxygens (including phenoxy) is 1. The number of benzene rings is 1. The highest BCUT2D eigenvalue weighted by Gasteiger charge is 2.14. The van der Waals surface area contributed by atoms with Crippen molar-refractivity contribution in [2.45, 2.75) is 19.8 Å². The first-order valence-corrected chi connectivity index (χ1v) is 5.67. The molecule has 0 saturated heterocycles. The lowest BCUT2D eigenvalue weighted by atomic mass is 10.2. The average molecular weight is 272 g/mol. The predicted octanol–water partition coefficient (Wildman–Crippen LogP) is 2.99. The van der Waals surface area contributed by atoms with Crippen molar-refractivity contribution in [2.75, 3.05) is 12.3 Å². The number of rotatable bonds is 4. The fourth-order valence-corrected chi connectivity index (χ4v) is 1.68. The summed E-state index contributed by atoms with van der Waals surface area (Å²) in [6, 6.07) is 5.23. The standard InChI is InChI=1S/C11H14BrNO2/c1-2-3-7-15-11(14)10-8(12)5-4-6-9(10)13/h4-6H,2-3,7,13H2,1H3. The van der Waals surface area contributed by atoms with Crippen molar-refractivity contribution in [1.29, 1.82) is 0 Å². The summed E-state index contributed by atoms with van der Waals surface area (Å²) in [4.78, 5) is 11.6. The summed E-state index contributed by atoms with van der Waals surface area (Å²) in [6.07, 6.45) is 1.87. The van der Waals surface area contributed by atoms with Crippen LogP contribution in [0.3, 0.4) is 0 Å². The lowest BCUT2D eigenvalue weighted by Gasteiger charge is -2.07. The van der Waals surface area contributed by atoms with Crippen LogP contribution in [-0.4, -0.2) is 12.6 Å². The van der Waals surface area contributed by atoms with Crippen LogP contribution < -0.4 is 5.73 Å². The average Bonchev–Trinajstić information content (AvgIpc) is 2.18. The van der Waals surface area contributed by atoms with E-state index in [0.29, 0.717) is 22.3 Å². The molecule has 0 heterocycles. The molecule has 82 valence electrons. The van der Waals surface area contributed by atoms with Crippen LogP contribution in [0.25, 0.3) is 0 Å². The van der Waals surface area contributed by atoms with Crippen molar-refractivity contribution in [2.24, 2.45) is 0 Å². The third-order valence-electron chi connectivity index (χ3n) is 1.98. The van der Waals surface area contributed by atoms with Gasteiger partial charge in [-0.05, 0) is 34.5 Å². The number of carbonyl (C=O) groups excluding carboxylic acids is 1. The topological polar surface area (TPSA) is 52.3 Å². The summed E-state index contributed by atoms with van der Waals surface area (Å²) < 4.78 is 5.75. The number of hydrogen-bond donors (Lipinski definition) is 1. The minimum atomic E-state index is -0.367. The van der Waals surface area contributed by atoms with Crippen LogP contribution in [0.15, 0.2) is 22.7 Å². The maximum Gasteiger partial charge on any atom is 0.341 e. The zero-order chi connectivity index (χ0) is 11.3. The van der Waals surface area contributed by atoms with E-state index in [1.165, 1.54) is 0 Å². The quantitative estimate of drug-likeness (QED) is 0.520. The number of carbonyl (C=O) groups is 1.